The molecule has 1 aromatic rings. The van der Waals surface area contributed by atoms with Crippen LogP contribution in [0, 0.1) is 0 Å². The molecular weight excluding hydrogens is 172 g/mol. The highest BCUT2D eigenvalue weighted by atomic mass is 14.9. The van der Waals surface area contributed by atoms with Gasteiger partial charge >= 0.3 is 0 Å². The lowest BCUT2D eigenvalue weighted by Crippen LogP contribution is -2.28. The van der Waals surface area contributed by atoms with Gasteiger partial charge in [-0.1, -0.05) is 12.2 Å². The Morgan fingerprint density at radius 3 is 2.64 bits per heavy atom. The molecule has 1 aliphatic rings. The molecule has 0 aliphatic heterocycles. The minimum absolute atomic E-state index is 0.678. The first-order valence-electron chi connectivity index (χ1n) is 5.22. The fourth-order valence-corrected chi connectivity index (χ4v) is 1.75. The summed E-state index contributed by atoms with van der Waals surface area (Å²) < 4.78 is 0. The van der Waals surface area contributed by atoms with Gasteiger partial charge in [0, 0.05) is 18.4 Å². The smallest absolute Gasteiger partial charge is 0.0270 e. The summed E-state index contributed by atoms with van der Waals surface area (Å²) in [7, 11) is 0. The normalized spacial score (nSPS) is 16.3. The third-order valence-corrected chi connectivity index (χ3v) is 2.60. The van der Waals surface area contributed by atoms with Crippen LogP contribution >= 0.6 is 0 Å². The summed E-state index contributed by atoms with van der Waals surface area (Å²) in [5.41, 5.74) is 1.36. The summed E-state index contributed by atoms with van der Waals surface area (Å²) in [6.07, 6.45) is 11.7. The number of hydrogen-bond donors (Lipinski definition) is 1. The van der Waals surface area contributed by atoms with Gasteiger partial charge in [0.1, 0.15) is 0 Å². The third-order valence-electron chi connectivity index (χ3n) is 2.60. The van der Waals surface area contributed by atoms with Crippen molar-refractivity contribution in [2.24, 2.45) is 0 Å². The zero-order valence-electron chi connectivity index (χ0n) is 8.32. The van der Waals surface area contributed by atoms with E-state index in [0.29, 0.717) is 6.04 Å². The second-order valence-corrected chi connectivity index (χ2v) is 3.70. The highest BCUT2D eigenvalue weighted by Gasteiger charge is 2.07. The summed E-state index contributed by atoms with van der Waals surface area (Å²) in [5.74, 6) is 0. The van der Waals surface area contributed by atoms with Gasteiger partial charge in [-0.05, 0) is 43.5 Å². The van der Waals surface area contributed by atoms with Crippen molar-refractivity contribution in [3.63, 3.8) is 0 Å². The van der Waals surface area contributed by atoms with Crippen molar-refractivity contribution in [3.05, 3.63) is 42.2 Å². The van der Waals surface area contributed by atoms with Crippen molar-refractivity contribution in [2.75, 3.05) is 6.54 Å². The Bertz CT molecular complexity index is 284. The number of aromatic nitrogens is 1. The van der Waals surface area contributed by atoms with E-state index >= 15 is 0 Å². The van der Waals surface area contributed by atoms with E-state index in [4.69, 9.17) is 0 Å². The van der Waals surface area contributed by atoms with Crippen LogP contribution in [0.1, 0.15) is 18.4 Å². The number of rotatable bonds is 4. The van der Waals surface area contributed by atoms with Crippen molar-refractivity contribution in [1.82, 2.24) is 10.3 Å². The average molecular weight is 188 g/mol. The molecule has 2 rings (SSSR count). The second kappa shape index (κ2) is 4.91. The van der Waals surface area contributed by atoms with Crippen LogP contribution in [0.5, 0.6) is 0 Å². The molecule has 1 heterocycles. The fourth-order valence-electron chi connectivity index (χ4n) is 1.75. The quantitative estimate of drug-likeness (QED) is 0.730. The van der Waals surface area contributed by atoms with Crippen molar-refractivity contribution >= 4 is 0 Å². The Hall–Kier alpha value is -1.15. The monoisotopic (exact) mass is 188 g/mol. The maximum absolute atomic E-state index is 4.00. The van der Waals surface area contributed by atoms with Crippen molar-refractivity contribution < 1.29 is 0 Å². The molecule has 1 N–H and O–H groups in total. The summed E-state index contributed by atoms with van der Waals surface area (Å²) in [5, 5.41) is 3.55. The molecule has 0 atom stereocenters. The van der Waals surface area contributed by atoms with Gasteiger partial charge < -0.3 is 5.32 Å². The molecule has 1 aliphatic carbocycles. The van der Waals surface area contributed by atoms with E-state index in [1.807, 2.05) is 12.4 Å². The zero-order valence-corrected chi connectivity index (χ0v) is 8.32. The van der Waals surface area contributed by atoms with Crippen LogP contribution in [0.3, 0.4) is 0 Å². The van der Waals surface area contributed by atoms with Gasteiger partial charge in [0.05, 0.1) is 0 Å². The topological polar surface area (TPSA) is 24.9 Å². The minimum atomic E-state index is 0.678. The van der Waals surface area contributed by atoms with Crippen LogP contribution < -0.4 is 5.32 Å². The van der Waals surface area contributed by atoms with E-state index in [1.54, 1.807) is 0 Å². The average Bonchev–Trinajstić information content (AvgIpc) is 2.72. The standard InChI is InChI=1S/C12H16N2/c1-2-4-12(3-1)14-10-7-11-5-8-13-9-6-11/h1-2,5-6,8-9,12,14H,3-4,7,10H2. The predicted octanol–water partition coefficient (Wildman–Crippen LogP) is 1.93. The molecule has 0 aromatic carbocycles. The summed E-state index contributed by atoms with van der Waals surface area (Å²) >= 11 is 0. The number of nitrogens with one attached hydrogen (secondary N) is 1. The van der Waals surface area contributed by atoms with Gasteiger partial charge in [0.2, 0.25) is 0 Å². The van der Waals surface area contributed by atoms with Gasteiger partial charge in [-0.2, -0.15) is 0 Å². The number of pyridine rings is 1. The van der Waals surface area contributed by atoms with Gasteiger partial charge in [-0.3, -0.25) is 4.98 Å². The molecule has 0 radical (unpaired) electrons. The second-order valence-electron chi connectivity index (χ2n) is 3.70. The van der Waals surface area contributed by atoms with E-state index in [-0.39, 0.29) is 0 Å². The lowest BCUT2D eigenvalue weighted by molar-refractivity contribution is 0.541. The van der Waals surface area contributed by atoms with Crippen LogP contribution in [0.4, 0.5) is 0 Å². The largest absolute Gasteiger partial charge is 0.313 e. The molecule has 0 unspecified atom stereocenters. The summed E-state index contributed by atoms with van der Waals surface area (Å²) in [4.78, 5) is 4.00. The first kappa shape index (κ1) is 9.41. The van der Waals surface area contributed by atoms with Crippen LogP contribution in [0.25, 0.3) is 0 Å². The molecule has 0 spiro atoms. The minimum Gasteiger partial charge on any atom is -0.313 e. The van der Waals surface area contributed by atoms with E-state index < -0.39 is 0 Å². The zero-order chi connectivity index (χ0) is 9.64. The van der Waals surface area contributed by atoms with Crippen LogP contribution in [0.15, 0.2) is 36.7 Å². The Morgan fingerprint density at radius 1 is 1.21 bits per heavy atom. The maximum Gasteiger partial charge on any atom is 0.0270 e. The molecule has 0 saturated heterocycles. The Kier molecular flexibility index (Phi) is 3.30. The summed E-state index contributed by atoms with van der Waals surface area (Å²) in [6, 6.07) is 4.83. The molecule has 74 valence electrons. The Morgan fingerprint density at radius 2 is 1.93 bits per heavy atom. The van der Waals surface area contributed by atoms with Crippen LogP contribution in [0.2, 0.25) is 0 Å². The van der Waals surface area contributed by atoms with E-state index in [0.717, 1.165) is 13.0 Å². The molecule has 0 bridgehead atoms. The molecule has 1 aromatic heterocycles. The molecule has 14 heavy (non-hydrogen) atoms. The van der Waals surface area contributed by atoms with Crippen LogP contribution in [-0.4, -0.2) is 17.6 Å². The van der Waals surface area contributed by atoms with E-state index in [9.17, 15) is 0 Å². The van der Waals surface area contributed by atoms with Crippen molar-refractivity contribution in [3.8, 4) is 0 Å². The highest BCUT2D eigenvalue weighted by Crippen LogP contribution is 2.08. The molecule has 0 saturated carbocycles. The van der Waals surface area contributed by atoms with Gasteiger partial charge in [0.25, 0.3) is 0 Å². The maximum atomic E-state index is 4.00. The third kappa shape index (κ3) is 2.67. The Balaban J connectivity index is 1.68. The SMILES string of the molecule is C1=CCC(NCCc2ccncc2)C1. The number of hydrogen-bond acceptors (Lipinski definition) is 2. The lowest BCUT2D eigenvalue weighted by atomic mass is 10.2. The highest BCUT2D eigenvalue weighted by molar-refractivity contribution is 5.10. The first-order valence-corrected chi connectivity index (χ1v) is 5.22. The van der Waals surface area contributed by atoms with Crippen molar-refractivity contribution in [1.29, 1.82) is 0 Å². The van der Waals surface area contributed by atoms with Gasteiger partial charge in [-0.25, -0.2) is 0 Å². The molecule has 0 amide bonds. The molecule has 2 heteroatoms. The summed E-state index contributed by atoms with van der Waals surface area (Å²) in [6.45, 7) is 1.07. The number of nitrogens with zero attached hydrogens (tertiary/aromatic N) is 1. The predicted molar refractivity (Wildman–Crippen MR) is 58.1 cm³/mol. The van der Waals surface area contributed by atoms with Gasteiger partial charge in [0.15, 0.2) is 0 Å². The lowest BCUT2D eigenvalue weighted by Gasteiger charge is -2.11. The molecule has 2 nitrogen and oxygen atoms in total. The first-order chi connectivity index (χ1) is 6.95. The fraction of sp³-hybridized carbons (Fsp3) is 0.417. The van der Waals surface area contributed by atoms with Crippen molar-refractivity contribution in [2.45, 2.75) is 25.3 Å². The molecular formula is C12H16N2. The van der Waals surface area contributed by atoms with E-state index in [2.05, 4.69) is 34.6 Å². The molecule has 0 fully saturated rings. The van der Waals surface area contributed by atoms with Crippen LogP contribution in [-0.2, 0) is 6.42 Å². The van der Waals surface area contributed by atoms with Gasteiger partial charge in [-0.15, -0.1) is 0 Å². The Labute approximate surface area is 85.1 Å². The van der Waals surface area contributed by atoms with E-state index in [1.165, 1.54) is 18.4 Å².